The van der Waals surface area contributed by atoms with E-state index in [4.69, 9.17) is 4.42 Å². The van der Waals surface area contributed by atoms with Crippen molar-refractivity contribution in [1.82, 2.24) is 14.9 Å². The summed E-state index contributed by atoms with van der Waals surface area (Å²) in [6.07, 6.45) is 6.79. The van der Waals surface area contributed by atoms with Crippen molar-refractivity contribution in [2.45, 2.75) is 19.4 Å². The van der Waals surface area contributed by atoms with Crippen molar-refractivity contribution in [3.8, 4) is 0 Å². The summed E-state index contributed by atoms with van der Waals surface area (Å²) in [7, 11) is 1.83. The molecule has 0 atom stereocenters. The number of piperidine rings is 1. The molecule has 0 spiro atoms. The minimum Gasteiger partial charge on any atom is -0.467 e. The monoisotopic (exact) mass is 300 g/mol. The Morgan fingerprint density at radius 1 is 1.32 bits per heavy atom. The van der Waals surface area contributed by atoms with Gasteiger partial charge in [0.25, 0.3) is 0 Å². The van der Waals surface area contributed by atoms with E-state index in [2.05, 4.69) is 14.9 Å². The maximum atomic E-state index is 12.5. The number of carbonyl (C=O) groups is 1. The van der Waals surface area contributed by atoms with Gasteiger partial charge in [0.15, 0.2) is 0 Å². The van der Waals surface area contributed by atoms with Crippen molar-refractivity contribution in [2.24, 2.45) is 5.92 Å². The second kappa shape index (κ2) is 6.60. The summed E-state index contributed by atoms with van der Waals surface area (Å²) >= 11 is 0. The van der Waals surface area contributed by atoms with Gasteiger partial charge in [-0.15, -0.1) is 0 Å². The summed E-state index contributed by atoms with van der Waals surface area (Å²) in [6, 6.07) is 5.54. The van der Waals surface area contributed by atoms with E-state index in [1.165, 1.54) is 0 Å². The first kappa shape index (κ1) is 14.6. The Hall–Kier alpha value is -2.37. The lowest BCUT2D eigenvalue weighted by Gasteiger charge is -2.32. The van der Waals surface area contributed by atoms with Crippen molar-refractivity contribution in [1.29, 1.82) is 0 Å². The Balaban J connectivity index is 1.53. The summed E-state index contributed by atoms with van der Waals surface area (Å²) < 4.78 is 5.30. The zero-order valence-corrected chi connectivity index (χ0v) is 12.7. The summed E-state index contributed by atoms with van der Waals surface area (Å²) in [4.78, 5) is 24.9. The maximum Gasteiger partial charge on any atom is 0.225 e. The average Bonchev–Trinajstić information content (AvgIpc) is 3.08. The molecule has 3 heterocycles. The first-order chi connectivity index (χ1) is 10.7. The van der Waals surface area contributed by atoms with Crippen LogP contribution in [-0.2, 0) is 11.3 Å². The summed E-state index contributed by atoms with van der Waals surface area (Å²) in [5.74, 6) is 1.81. The van der Waals surface area contributed by atoms with E-state index < -0.39 is 0 Å². The largest absolute Gasteiger partial charge is 0.467 e. The van der Waals surface area contributed by atoms with Crippen LogP contribution in [0.2, 0.25) is 0 Å². The Bertz CT molecular complexity index is 592. The van der Waals surface area contributed by atoms with Crippen LogP contribution in [0.1, 0.15) is 18.6 Å². The normalized spacial score (nSPS) is 15.8. The van der Waals surface area contributed by atoms with Crippen molar-refractivity contribution in [3.63, 3.8) is 0 Å². The predicted molar refractivity (Wildman–Crippen MR) is 82.2 cm³/mol. The molecule has 2 aromatic rings. The third kappa shape index (κ3) is 3.27. The lowest BCUT2D eigenvalue weighted by Crippen LogP contribution is -2.41. The zero-order chi connectivity index (χ0) is 15.4. The fourth-order valence-electron chi connectivity index (χ4n) is 2.81. The third-order valence-electron chi connectivity index (χ3n) is 4.03. The van der Waals surface area contributed by atoms with E-state index in [0.717, 1.165) is 37.6 Å². The van der Waals surface area contributed by atoms with Crippen LogP contribution in [0.3, 0.4) is 0 Å². The highest BCUT2D eigenvalue weighted by atomic mass is 16.3. The van der Waals surface area contributed by atoms with Gasteiger partial charge in [-0.3, -0.25) is 4.79 Å². The van der Waals surface area contributed by atoms with Crippen LogP contribution in [0.5, 0.6) is 0 Å². The molecule has 1 saturated heterocycles. The molecule has 0 bridgehead atoms. The van der Waals surface area contributed by atoms with E-state index in [1.807, 2.05) is 25.2 Å². The highest BCUT2D eigenvalue weighted by Gasteiger charge is 2.28. The van der Waals surface area contributed by atoms with E-state index in [0.29, 0.717) is 6.54 Å². The molecular formula is C16H20N4O2. The minimum atomic E-state index is 0.0694. The van der Waals surface area contributed by atoms with Crippen LogP contribution >= 0.6 is 0 Å². The molecule has 1 fully saturated rings. The molecule has 0 aromatic carbocycles. The van der Waals surface area contributed by atoms with E-state index in [1.54, 1.807) is 23.6 Å². The number of rotatable bonds is 4. The van der Waals surface area contributed by atoms with Gasteiger partial charge in [-0.1, -0.05) is 0 Å². The zero-order valence-electron chi connectivity index (χ0n) is 12.7. The van der Waals surface area contributed by atoms with Crippen LogP contribution < -0.4 is 4.90 Å². The van der Waals surface area contributed by atoms with Crippen LogP contribution in [0.15, 0.2) is 41.3 Å². The lowest BCUT2D eigenvalue weighted by molar-refractivity contribution is -0.135. The molecule has 0 aliphatic carbocycles. The first-order valence-electron chi connectivity index (χ1n) is 7.53. The van der Waals surface area contributed by atoms with Crippen molar-refractivity contribution in [3.05, 3.63) is 42.6 Å². The number of nitrogens with zero attached hydrogens (tertiary/aromatic N) is 4. The van der Waals surface area contributed by atoms with Gasteiger partial charge in [-0.2, -0.15) is 0 Å². The number of aromatic nitrogens is 2. The second-order valence-electron chi connectivity index (χ2n) is 5.58. The molecule has 2 aromatic heterocycles. The molecule has 6 heteroatoms. The van der Waals surface area contributed by atoms with E-state index >= 15 is 0 Å². The van der Waals surface area contributed by atoms with Crippen molar-refractivity contribution >= 4 is 11.9 Å². The van der Waals surface area contributed by atoms with Gasteiger partial charge in [0.2, 0.25) is 11.9 Å². The van der Waals surface area contributed by atoms with Gasteiger partial charge in [0, 0.05) is 38.4 Å². The molecule has 1 amide bonds. The molecular weight excluding hydrogens is 280 g/mol. The predicted octanol–water partition coefficient (Wildman–Crippen LogP) is 1.94. The molecule has 0 unspecified atom stereocenters. The SMILES string of the molecule is CN(Cc1ccco1)C(=O)C1CCN(c2ncccn2)CC1. The van der Waals surface area contributed by atoms with Crippen molar-refractivity contribution < 1.29 is 9.21 Å². The van der Waals surface area contributed by atoms with Crippen LogP contribution in [-0.4, -0.2) is 40.9 Å². The molecule has 1 aliphatic rings. The quantitative estimate of drug-likeness (QED) is 0.863. The Labute approximate surface area is 129 Å². The van der Waals surface area contributed by atoms with Crippen LogP contribution in [0.25, 0.3) is 0 Å². The topological polar surface area (TPSA) is 62.5 Å². The average molecular weight is 300 g/mol. The van der Waals surface area contributed by atoms with Crippen LogP contribution in [0, 0.1) is 5.92 Å². The van der Waals surface area contributed by atoms with Gasteiger partial charge in [-0.25, -0.2) is 9.97 Å². The standard InChI is InChI=1S/C16H20N4O2/c1-19(12-14-4-2-11-22-14)15(21)13-5-9-20(10-6-13)16-17-7-3-8-18-16/h2-4,7-8,11,13H,5-6,9-10,12H2,1H3. The number of amides is 1. The highest BCUT2D eigenvalue weighted by Crippen LogP contribution is 2.22. The molecule has 0 N–H and O–H groups in total. The fraction of sp³-hybridized carbons (Fsp3) is 0.438. The minimum absolute atomic E-state index is 0.0694. The number of anilines is 1. The van der Waals surface area contributed by atoms with Gasteiger partial charge in [0.05, 0.1) is 12.8 Å². The van der Waals surface area contributed by atoms with E-state index in [9.17, 15) is 4.79 Å². The second-order valence-corrected chi connectivity index (χ2v) is 5.58. The van der Waals surface area contributed by atoms with E-state index in [-0.39, 0.29) is 11.8 Å². The molecule has 0 saturated carbocycles. The number of hydrogen-bond acceptors (Lipinski definition) is 5. The number of hydrogen-bond donors (Lipinski definition) is 0. The summed E-state index contributed by atoms with van der Waals surface area (Å²) in [5, 5.41) is 0. The number of carbonyl (C=O) groups excluding carboxylic acids is 1. The Morgan fingerprint density at radius 3 is 2.68 bits per heavy atom. The maximum absolute atomic E-state index is 12.5. The summed E-state index contributed by atoms with van der Waals surface area (Å²) in [6.45, 7) is 2.15. The molecule has 3 rings (SSSR count). The first-order valence-corrected chi connectivity index (χ1v) is 7.53. The van der Waals surface area contributed by atoms with Gasteiger partial charge in [-0.05, 0) is 31.0 Å². The number of furan rings is 1. The summed E-state index contributed by atoms with van der Waals surface area (Å²) in [5.41, 5.74) is 0. The van der Waals surface area contributed by atoms with Crippen LogP contribution in [0.4, 0.5) is 5.95 Å². The third-order valence-corrected chi connectivity index (χ3v) is 4.03. The Morgan fingerprint density at radius 2 is 2.05 bits per heavy atom. The lowest BCUT2D eigenvalue weighted by atomic mass is 9.95. The van der Waals surface area contributed by atoms with Gasteiger partial charge in [0.1, 0.15) is 5.76 Å². The molecule has 22 heavy (non-hydrogen) atoms. The molecule has 116 valence electrons. The molecule has 1 aliphatic heterocycles. The van der Waals surface area contributed by atoms with Gasteiger partial charge < -0.3 is 14.2 Å². The van der Waals surface area contributed by atoms with Gasteiger partial charge >= 0.3 is 0 Å². The smallest absolute Gasteiger partial charge is 0.225 e. The van der Waals surface area contributed by atoms with Crippen molar-refractivity contribution in [2.75, 3.05) is 25.0 Å². The Kier molecular flexibility index (Phi) is 4.37. The molecule has 0 radical (unpaired) electrons. The molecule has 6 nitrogen and oxygen atoms in total. The highest BCUT2D eigenvalue weighted by molar-refractivity contribution is 5.78. The fourth-order valence-corrected chi connectivity index (χ4v) is 2.81.